The van der Waals surface area contributed by atoms with E-state index in [1.807, 2.05) is 0 Å². The summed E-state index contributed by atoms with van der Waals surface area (Å²) in [6.45, 7) is 2.29. The molecule has 56 valence electrons. The van der Waals surface area contributed by atoms with Gasteiger partial charge >= 0.3 is 0 Å². The zero-order valence-electron chi connectivity index (χ0n) is 5.46. The van der Waals surface area contributed by atoms with Gasteiger partial charge in [0.2, 0.25) is 0 Å². The van der Waals surface area contributed by atoms with Crippen molar-refractivity contribution in [2.45, 2.75) is 13.3 Å². The molecule has 0 aliphatic carbocycles. The predicted molar refractivity (Wildman–Crippen MR) is 69.4 cm³/mol. The molecule has 0 rings (SSSR count). The van der Waals surface area contributed by atoms with Crippen LogP contribution in [0.4, 0.5) is 0 Å². The van der Waals surface area contributed by atoms with Crippen molar-refractivity contribution >= 4 is 67.8 Å². The van der Waals surface area contributed by atoms with Crippen molar-refractivity contribution in [3.63, 3.8) is 0 Å². The first-order chi connectivity index (χ1) is 4.24. The summed E-state index contributed by atoms with van der Waals surface area (Å²) in [4.78, 5) is 0. The number of halogens is 3. The molecule has 0 heterocycles. The van der Waals surface area contributed by atoms with Crippen LogP contribution in [0, 0.1) is 5.41 Å². The molecule has 0 amide bonds. The van der Waals surface area contributed by atoms with Crippen molar-refractivity contribution < 1.29 is 0 Å². The van der Waals surface area contributed by atoms with Crippen molar-refractivity contribution in [2.75, 3.05) is 13.3 Å². The molecule has 0 atom stereocenters. The summed E-state index contributed by atoms with van der Waals surface area (Å²) < 4.78 is 3.90. The molecular formula is C6H11I3. The first-order valence-electron chi connectivity index (χ1n) is 2.92. The molecule has 3 heteroatoms. The maximum absolute atomic E-state index is 2.49. The summed E-state index contributed by atoms with van der Waals surface area (Å²) >= 11 is 7.48. The Morgan fingerprint density at radius 2 is 1.33 bits per heavy atom. The van der Waals surface area contributed by atoms with Crippen LogP contribution in [0.3, 0.4) is 0 Å². The van der Waals surface area contributed by atoms with Crippen LogP contribution in [0.2, 0.25) is 0 Å². The fourth-order valence-corrected chi connectivity index (χ4v) is 6.72. The third kappa shape index (κ3) is 3.39. The van der Waals surface area contributed by atoms with E-state index in [0.29, 0.717) is 5.41 Å². The molecule has 0 aliphatic heterocycles. The molecule has 0 spiro atoms. The van der Waals surface area contributed by atoms with Gasteiger partial charge in [0, 0.05) is 13.3 Å². The third-order valence-corrected chi connectivity index (χ3v) is 6.45. The van der Waals surface area contributed by atoms with Crippen LogP contribution in [0.5, 0.6) is 0 Å². The average Bonchev–Trinajstić information content (AvgIpc) is 1.95. The average molecular weight is 464 g/mol. The lowest BCUT2D eigenvalue weighted by molar-refractivity contribution is 0.451. The van der Waals surface area contributed by atoms with Crippen LogP contribution in [0.15, 0.2) is 0 Å². The number of hydrogen-bond acceptors (Lipinski definition) is 0. The Balaban J connectivity index is 3.82. The molecule has 0 radical (unpaired) electrons. The molecule has 0 unspecified atom stereocenters. The minimum Gasteiger partial charge on any atom is -0.0857 e. The standard InChI is InChI=1S/C6H11I3/c1-2-6(3-7,4-8)5-9/h2-5H2,1H3. The van der Waals surface area contributed by atoms with E-state index in [4.69, 9.17) is 0 Å². The number of alkyl halides is 3. The molecule has 0 fully saturated rings. The van der Waals surface area contributed by atoms with Gasteiger partial charge in [-0.15, -0.1) is 0 Å². The molecule has 0 aromatic carbocycles. The monoisotopic (exact) mass is 464 g/mol. The molecule has 0 aromatic heterocycles. The van der Waals surface area contributed by atoms with Gasteiger partial charge in [0.1, 0.15) is 0 Å². The van der Waals surface area contributed by atoms with Crippen molar-refractivity contribution in [3.8, 4) is 0 Å². The highest BCUT2D eigenvalue weighted by molar-refractivity contribution is 14.1. The van der Waals surface area contributed by atoms with Gasteiger partial charge in [0.05, 0.1) is 0 Å². The van der Waals surface area contributed by atoms with Crippen molar-refractivity contribution in [2.24, 2.45) is 5.41 Å². The summed E-state index contributed by atoms with van der Waals surface area (Å²) in [6, 6.07) is 0. The van der Waals surface area contributed by atoms with E-state index in [2.05, 4.69) is 74.7 Å². The van der Waals surface area contributed by atoms with E-state index in [9.17, 15) is 0 Å². The van der Waals surface area contributed by atoms with E-state index >= 15 is 0 Å². The van der Waals surface area contributed by atoms with E-state index in [-0.39, 0.29) is 0 Å². The SMILES string of the molecule is CCC(CI)(CI)CI. The Bertz CT molecular complexity index is 51.2. The topological polar surface area (TPSA) is 0 Å². The molecule has 0 saturated heterocycles. The second-order valence-corrected chi connectivity index (χ2v) is 4.54. The Morgan fingerprint density at radius 3 is 1.33 bits per heavy atom. The van der Waals surface area contributed by atoms with Gasteiger partial charge in [-0.2, -0.15) is 0 Å². The van der Waals surface area contributed by atoms with Gasteiger partial charge in [-0.1, -0.05) is 74.7 Å². The van der Waals surface area contributed by atoms with Crippen LogP contribution >= 0.6 is 67.8 Å². The summed E-state index contributed by atoms with van der Waals surface area (Å²) in [6.07, 6.45) is 1.32. The van der Waals surface area contributed by atoms with Crippen molar-refractivity contribution in [1.82, 2.24) is 0 Å². The smallest absolute Gasteiger partial charge is 0.00666 e. The number of rotatable bonds is 4. The summed E-state index contributed by atoms with van der Waals surface area (Å²) in [5.41, 5.74) is 0.627. The minimum atomic E-state index is 0.627. The highest BCUT2D eigenvalue weighted by Crippen LogP contribution is 2.29. The van der Waals surface area contributed by atoms with E-state index < -0.39 is 0 Å². The Kier molecular flexibility index (Phi) is 7.20. The molecule has 0 nitrogen and oxygen atoms in total. The minimum absolute atomic E-state index is 0.627. The van der Waals surface area contributed by atoms with E-state index in [1.165, 1.54) is 19.7 Å². The Hall–Kier alpha value is 2.19. The molecule has 0 bridgehead atoms. The Labute approximate surface area is 98.3 Å². The predicted octanol–water partition coefficient (Wildman–Crippen LogP) is 3.69. The van der Waals surface area contributed by atoms with Gasteiger partial charge in [0.15, 0.2) is 0 Å². The summed E-state index contributed by atoms with van der Waals surface area (Å²) in [5.74, 6) is 0. The largest absolute Gasteiger partial charge is 0.0857 e. The van der Waals surface area contributed by atoms with E-state index in [1.54, 1.807) is 0 Å². The van der Waals surface area contributed by atoms with E-state index in [0.717, 1.165) is 0 Å². The zero-order valence-corrected chi connectivity index (χ0v) is 11.9. The lowest BCUT2D eigenvalue weighted by atomic mass is 9.94. The maximum Gasteiger partial charge on any atom is 0.00666 e. The normalized spacial score (nSPS) is 12.0. The van der Waals surface area contributed by atoms with Crippen molar-refractivity contribution in [3.05, 3.63) is 0 Å². The Morgan fingerprint density at radius 1 is 1.00 bits per heavy atom. The molecule has 9 heavy (non-hydrogen) atoms. The van der Waals surface area contributed by atoms with Gasteiger partial charge < -0.3 is 0 Å². The zero-order chi connectivity index (χ0) is 7.33. The third-order valence-electron chi connectivity index (χ3n) is 1.60. The van der Waals surface area contributed by atoms with Gasteiger partial charge in [-0.3, -0.25) is 0 Å². The first kappa shape index (κ1) is 11.2. The van der Waals surface area contributed by atoms with Gasteiger partial charge in [0.25, 0.3) is 0 Å². The van der Waals surface area contributed by atoms with Crippen LogP contribution in [0.1, 0.15) is 13.3 Å². The molecule has 0 aliphatic rings. The first-order valence-corrected chi connectivity index (χ1v) is 7.50. The van der Waals surface area contributed by atoms with Gasteiger partial charge in [-0.05, 0) is 11.8 Å². The fraction of sp³-hybridized carbons (Fsp3) is 1.00. The summed E-state index contributed by atoms with van der Waals surface area (Å²) in [5, 5.41) is 0. The molecule has 0 N–H and O–H groups in total. The highest BCUT2D eigenvalue weighted by atomic mass is 127. The van der Waals surface area contributed by atoms with Crippen molar-refractivity contribution in [1.29, 1.82) is 0 Å². The molecular weight excluding hydrogens is 453 g/mol. The second kappa shape index (κ2) is 5.79. The quantitative estimate of drug-likeness (QED) is 0.441. The van der Waals surface area contributed by atoms with Crippen LogP contribution in [0.25, 0.3) is 0 Å². The molecule has 0 saturated carbocycles. The van der Waals surface area contributed by atoms with Crippen LogP contribution in [-0.4, -0.2) is 13.3 Å². The lowest BCUT2D eigenvalue weighted by Crippen LogP contribution is -2.25. The highest BCUT2D eigenvalue weighted by Gasteiger charge is 2.23. The summed E-state index contributed by atoms with van der Waals surface area (Å²) in [7, 11) is 0. The van der Waals surface area contributed by atoms with Crippen LogP contribution < -0.4 is 0 Å². The number of hydrogen-bond donors (Lipinski definition) is 0. The maximum atomic E-state index is 2.49. The fourth-order valence-electron chi connectivity index (χ4n) is 0.391. The lowest BCUT2D eigenvalue weighted by Gasteiger charge is -2.25. The molecule has 0 aromatic rings. The second-order valence-electron chi connectivity index (χ2n) is 2.25. The van der Waals surface area contributed by atoms with Gasteiger partial charge in [-0.25, -0.2) is 0 Å². The van der Waals surface area contributed by atoms with Crippen LogP contribution in [-0.2, 0) is 0 Å².